The number of likely N-dealkylation sites (tertiary alicyclic amines) is 1. The zero-order chi connectivity index (χ0) is 22.6. The molecule has 3 rings (SSSR count). The number of benzene rings is 1. The summed E-state index contributed by atoms with van der Waals surface area (Å²) in [5.41, 5.74) is 1.26. The summed E-state index contributed by atoms with van der Waals surface area (Å²) in [6.07, 6.45) is 2.67. The molecule has 0 spiro atoms. The van der Waals surface area contributed by atoms with Gasteiger partial charge < -0.3 is 15.0 Å². The molecule has 0 bridgehead atoms. The zero-order valence-electron chi connectivity index (χ0n) is 17.7. The number of nitrogens with one attached hydrogen (secondary N) is 2. The number of piperidine rings is 1. The van der Waals surface area contributed by atoms with Crippen LogP contribution in [0.25, 0.3) is 0 Å². The first-order valence-electron chi connectivity index (χ1n) is 9.89. The van der Waals surface area contributed by atoms with Crippen LogP contribution in [0.4, 0.5) is 5.82 Å². The lowest BCUT2D eigenvalue weighted by molar-refractivity contribution is -0.121. The van der Waals surface area contributed by atoms with E-state index in [-0.39, 0.29) is 33.9 Å². The average Bonchev–Trinajstić information content (AvgIpc) is 2.78. The Morgan fingerprint density at radius 1 is 1.16 bits per heavy atom. The first-order chi connectivity index (χ1) is 14.7. The Kier molecular flexibility index (Phi) is 6.91. The van der Waals surface area contributed by atoms with Crippen molar-refractivity contribution >= 4 is 27.7 Å². The molecule has 2 aromatic rings. The molecule has 0 radical (unpaired) electrons. The Hall–Kier alpha value is -2.98. The predicted octanol–water partition coefficient (Wildman–Crippen LogP) is 1.80. The van der Waals surface area contributed by atoms with E-state index in [2.05, 4.69) is 15.0 Å². The minimum Gasteiger partial charge on any atom is -0.495 e. The third-order valence-corrected chi connectivity index (χ3v) is 6.72. The molecule has 2 N–H and O–H groups in total. The molecular formula is C21H26N4O5S. The van der Waals surface area contributed by atoms with Crippen LogP contribution in [0.3, 0.4) is 0 Å². The molecule has 2 heterocycles. The van der Waals surface area contributed by atoms with E-state index >= 15 is 0 Å². The SMILES string of the molecule is CNS(=O)(=O)c1cc(C(=O)N2CCC(C(=O)Nc3cc(C)ccn3)CC2)ccc1OC. The molecule has 2 amide bonds. The summed E-state index contributed by atoms with van der Waals surface area (Å²) < 4.78 is 31.9. The van der Waals surface area contributed by atoms with Gasteiger partial charge in [0.1, 0.15) is 16.5 Å². The molecule has 1 saturated heterocycles. The fourth-order valence-electron chi connectivity index (χ4n) is 3.49. The maximum atomic E-state index is 12.9. The number of ether oxygens (including phenoxy) is 1. The van der Waals surface area contributed by atoms with Crippen LogP contribution in [-0.2, 0) is 14.8 Å². The van der Waals surface area contributed by atoms with E-state index in [0.717, 1.165) is 5.56 Å². The largest absolute Gasteiger partial charge is 0.495 e. The van der Waals surface area contributed by atoms with Crippen molar-refractivity contribution < 1.29 is 22.7 Å². The van der Waals surface area contributed by atoms with Gasteiger partial charge in [-0.05, 0) is 62.7 Å². The van der Waals surface area contributed by atoms with Crippen molar-refractivity contribution in [1.82, 2.24) is 14.6 Å². The van der Waals surface area contributed by atoms with Crippen molar-refractivity contribution in [2.75, 3.05) is 32.6 Å². The second-order valence-electron chi connectivity index (χ2n) is 7.35. The maximum absolute atomic E-state index is 12.9. The van der Waals surface area contributed by atoms with Gasteiger partial charge in [0.05, 0.1) is 7.11 Å². The number of aryl methyl sites for hydroxylation is 1. The van der Waals surface area contributed by atoms with E-state index in [0.29, 0.717) is 31.7 Å². The second-order valence-corrected chi connectivity index (χ2v) is 9.20. The van der Waals surface area contributed by atoms with Crippen molar-refractivity contribution in [2.24, 2.45) is 5.92 Å². The number of hydrogen-bond acceptors (Lipinski definition) is 6. The van der Waals surface area contributed by atoms with Crippen molar-refractivity contribution in [3.05, 3.63) is 47.7 Å². The molecule has 0 aliphatic carbocycles. The summed E-state index contributed by atoms with van der Waals surface area (Å²) in [5.74, 6) is 0.0555. The van der Waals surface area contributed by atoms with Gasteiger partial charge >= 0.3 is 0 Å². The van der Waals surface area contributed by atoms with Gasteiger partial charge in [-0.1, -0.05) is 0 Å². The molecule has 1 fully saturated rings. The van der Waals surface area contributed by atoms with Crippen LogP contribution in [0.1, 0.15) is 28.8 Å². The molecule has 31 heavy (non-hydrogen) atoms. The first-order valence-corrected chi connectivity index (χ1v) is 11.4. The lowest BCUT2D eigenvalue weighted by Crippen LogP contribution is -2.41. The number of carbonyl (C=O) groups excluding carboxylic acids is 2. The summed E-state index contributed by atoms with van der Waals surface area (Å²) in [6.45, 7) is 2.73. The van der Waals surface area contributed by atoms with E-state index in [1.807, 2.05) is 13.0 Å². The number of nitrogens with zero attached hydrogens (tertiary/aromatic N) is 2. The number of anilines is 1. The van der Waals surface area contributed by atoms with Gasteiger partial charge in [-0.2, -0.15) is 0 Å². The van der Waals surface area contributed by atoms with E-state index in [1.165, 1.54) is 32.4 Å². The third kappa shape index (κ3) is 5.20. The zero-order valence-corrected chi connectivity index (χ0v) is 18.5. The standard InChI is InChI=1S/C21H26N4O5S/c1-14-6-9-23-19(12-14)24-20(26)15-7-10-25(11-8-15)21(27)16-4-5-17(30-3)18(13-16)31(28,29)22-2/h4-6,9,12-13,15,22H,7-8,10-11H2,1-3H3,(H,23,24,26). The summed E-state index contributed by atoms with van der Waals surface area (Å²) in [7, 11) is -1.12. The molecule has 0 saturated carbocycles. The minimum atomic E-state index is -3.79. The average molecular weight is 447 g/mol. The molecule has 1 aliphatic rings. The van der Waals surface area contributed by atoms with Crippen molar-refractivity contribution in [3.63, 3.8) is 0 Å². The number of pyridine rings is 1. The monoisotopic (exact) mass is 446 g/mol. The maximum Gasteiger partial charge on any atom is 0.253 e. The van der Waals surface area contributed by atoms with E-state index < -0.39 is 10.0 Å². The Balaban J connectivity index is 1.66. The highest BCUT2D eigenvalue weighted by Crippen LogP contribution is 2.27. The van der Waals surface area contributed by atoms with Crippen LogP contribution in [0, 0.1) is 12.8 Å². The van der Waals surface area contributed by atoms with Crippen molar-refractivity contribution in [3.8, 4) is 5.75 Å². The Labute approximate surface area is 181 Å². The molecule has 1 aromatic carbocycles. The number of hydrogen-bond donors (Lipinski definition) is 2. The highest BCUT2D eigenvalue weighted by molar-refractivity contribution is 7.89. The Morgan fingerprint density at radius 3 is 2.48 bits per heavy atom. The van der Waals surface area contributed by atoms with Gasteiger partial charge in [-0.15, -0.1) is 0 Å². The number of sulfonamides is 1. The number of carbonyl (C=O) groups is 2. The molecule has 0 atom stereocenters. The lowest BCUT2D eigenvalue weighted by Gasteiger charge is -2.31. The minimum absolute atomic E-state index is 0.0942. The molecule has 9 nitrogen and oxygen atoms in total. The fraction of sp³-hybridized carbons (Fsp3) is 0.381. The normalized spacial score (nSPS) is 14.9. The first kappa shape index (κ1) is 22.7. The Bertz CT molecular complexity index is 1080. The predicted molar refractivity (Wildman–Crippen MR) is 115 cm³/mol. The molecule has 1 aromatic heterocycles. The van der Waals surface area contributed by atoms with Crippen LogP contribution in [-0.4, -0.2) is 57.4 Å². The van der Waals surface area contributed by atoms with E-state index in [1.54, 1.807) is 17.2 Å². The second kappa shape index (κ2) is 9.44. The van der Waals surface area contributed by atoms with Gasteiger partial charge in [0.25, 0.3) is 5.91 Å². The van der Waals surface area contributed by atoms with E-state index in [4.69, 9.17) is 4.74 Å². The molecule has 166 valence electrons. The number of methoxy groups -OCH3 is 1. The van der Waals surface area contributed by atoms with Crippen LogP contribution in [0.15, 0.2) is 41.4 Å². The summed E-state index contributed by atoms with van der Waals surface area (Å²) in [4.78, 5) is 31.2. The van der Waals surface area contributed by atoms with Gasteiger partial charge in [0, 0.05) is 30.8 Å². The van der Waals surface area contributed by atoms with Gasteiger partial charge in [-0.3, -0.25) is 9.59 Å². The van der Waals surface area contributed by atoms with Gasteiger partial charge in [-0.25, -0.2) is 18.1 Å². The highest BCUT2D eigenvalue weighted by atomic mass is 32.2. The van der Waals surface area contributed by atoms with Gasteiger partial charge in [0.15, 0.2) is 0 Å². The third-order valence-electron chi connectivity index (χ3n) is 5.29. The summed E-state index contributed by atoms with van der Waals surface area (Å²) in [6, 6.07) is 7.98. The molecule has 10 heteroatoms. The van der Waals surface area contributed by atoms with Crippen molar-refractivity contribution in [2.45, 2.75) is 24.7 Å². The number of amides is 2. The van der Waals surface area contributed by atoms with Crippen molar-refractivity contribution in [1.29, 1.82) is 0 Å². The molecule has 0 unspecified atom stereocenters. The topological polar surface area (TPSA) is 118 Å². The van der Waals surface area contributed by atoms with Crippen LogP contribution in [0.5, 0.6) is 5.75 Å². The van der Waals surface area contributed by atoms with Crippen LogP contribution < -0.4 is 14.8 Å². The van der Waals surface area contributed by atoms with Crippen LogP contribution in [0.2, 0.25) is 0 Å². The Morgan fingerprint density at radius 2 is 1.87 bits per heavy atom. The fourth-order valence-corrected chi connectivity index (χ4v) is 4.41. The van der Waals surface area contributed by atoms with Gasteiger partial charge in [0.2, 0.25) is 15.9 Å². The summed E-state index contributed by atoms with van der Waals surface area (Å²) >= 11 is 0. The number of rotatable bonds is 6. The molecule has 1 aliphatic heterocycles. The highest BCUT2D eigenvalue weighted by Gasteiger charge is 2.29. The number of aromatic nitrogens is 1. The van der Waals surface area contributed by atoms with Crippen LogP contribution >= 0.6 is 0 Å². The lowest BCUT2D eigenvalue weighted by atomic mass is 9.95. The summed E-state index contributed by atoms with van der Waals surface area (Å²) in [5, 5.41) is 2.83. The quantitative estimate of drug-likeness (QED) is 0.699. The smallest absolute Gasteiger partial charge is 0.253 e. The van der Waals surface area contributed by atoms with E-state index in [9.17, 15) is 18.0 Å². The molecular weight excluding hydrogens is 420 g/mol.